The van der Waals surface area contributed by atoms with Crippen molar-refractivity contribution in [3.63, 3.8) is 0 Å². The van der Waals surface area contributed by atoms with Crippen molar-refractivity contribution in [2.24, 2.45) is 5.92 Å². The van der Waals surface area contributed by atoms with Crippen LogP contribution in [0.15, 0.2) is 48.6 Å². The van der Waals surface area contributed by atoms with E-state index in [4.69, 9.17) is 14.2 Å². The number of nitrogens with one attached hydrogen (secondary N) is 2. The Morgan fingerprint density at radius 1 is 1.13 bits per heavy atom. The molecule has 2 N–H and O–H groups in total. The third kappa shape index (κ3) is 5.01. The van der Waals surface area contributed by atoms with Gasteiger partial charge in [-0.1, -0.05) is 13.8 Å². The van der Waals surface area contributed by atoms with Gasteiger partial charge in [0.05, 0.1) is 6.33 Å². The normalized spacial score (nSPS) is 19.1. The number of nitrogens with zero attached hydrogens (tertiary/aromatic N) is 7. The summed E-state index contributed by atoms with van der Waals surface area (Å²) in [5, 5.41) is 2.56. The van der Waals surface area contributed by atoms with E-state index < -0.39 is 36.2 Å². The van der Waals surface area contributed by atoms with Crippen molar-refractivity contribution >= 4 is 35.2 Å². The molecular formula is C22H23N9O7. The second-order valence-electron chi connectivity index (χ2n) is 8.69. The number of hydrogen-bond donors (Lipinski definition) is 2. The molecule has 1 aliphatic heterocycles. The van der Waals surface area contributed by atoms with Gasteiger partial charge in [0.1, 0.15) is 37.7 Å². The van der Waals surface area contributed by atoms with Gasteiger partial charge in [0.25, 0.3) is 5.56 Å². The molecule has 3 unspecified atom stereocenters. The van der Waals surface area contributed by atoms with Crippen molar-refractivity contribution in [1.29, 1.82) is 0 Å². The molecule has 1 amide bonds. The molecule has 1 saturated heterocycles. The lowest BCUT2D eigenvalue weighted by Gasteiger charge is -2.18. The van der Waals surface area contributed by atoms with Crippen molar-refractivity contribution in [2.75, 3.05) is 11.9 Å². The van der Waals surface area contributed by atoms with E-state index in [2.05, 4.69) is 30.2 Å². The third-order valence-corrected chi connectivity index (χ3v) is 5.74. The zero-order valence-corrected chi connectivity index (χ0v) is 20.3. The van der Waals surface area contributed by atoms with Gasteiger partial charge in [-0.25, -0.2) is 33.7 Å². The minimum absolute atomic E-state index is 0.0260. The van der Waals surface area contributed by atoms with Gasteiger partial charge in [-0.05, 0) is 0 Å². The van der Waals surface area contributed by atoms with Crippen LogP contribution in [-0.2, 0) is 19.0 Å². The van der Waals surface area contributed by atoms with Gasteiger partial charge in [-0.2, -0.15) is 4.98 Å². The SMILES string of the molecule is CC(C)C(=O)Nc1nc2c(ncn2C2CC(OC(=O)n3ccnc3)C(COC(=O)n3ccnc3)O2)c(=O)[nH]1. The number of ether oxygens (including phenoxy) is 3. The first-order valence-electron chi connectivity index (χ1n) is 11.6. The lowest BCUT2D eigenvalue weighted by molar-refractivity contribution is -0.118. The molecule has 1 aliphatic rings. The van der Waals surface area contributed by atoms with Crippen molar-refractivity contribution in [2.45, 2.75) is 38.7 Å². The van der Waals surface area contributed by atoms with Crippen molar-refractivity contribution in [1.82, 2.24) is 38.6 Å². The van der Waals surface area contributed by atoms with Gasteiger partial charge in [0, 0.05) is 37.1 Å². The molecule has 4 aromatic heterocycles. The highest BCUT2D eigenvalue weighted by atomic mass is 16.6. The predicted octanol–water partition coefficient (Wildman–Crippen LogP) is 1.13. The number of H-pyrrole nitrogens is 1. The summed E-state index contributed by atoms with van der Waals surface area (Å²) in [6.07, 6.45) is 5.87. The van der Waals surface area contributed by atoms with Crippen molar-refractivity contribution < 1.29 is 28.6 Å². The van der Waals surface area contributed by atoms with Crippen molar-refractivity contribution in [3.8, 4) is 0 Å². The maximum atomic E-state index is 12.6. The molecule has 16 heteroatoms. The quantitative estimate of drug-likeness (QED) is 0.367. The fourth-order valence-corrected chi connectivity index (χ4v) is 3.75. The topological polar surface area (TPSA) is 190 Å². The summed E-state index contributed by atoms with van der Waals surface area (Å²) >= 11 is 0. The van der Waals surface area contributed by atoms with Gasteiger partial charge in [-0.15, -0.1) is 0 Å². The lowest BCUT2D eigenvalue weighted by atomic mass is 10.2. The van der Waals surface area contributed by atoms with Crippen LogP contribution in [0.5, 0.6) is 0 Å². The summed E-state index contributed by atoms with van der Waals surface area (Å²) in [7, 11) is 0. The van der Waals surface area contributed by atoms with Crippen LogP contribution in [0.4, 0.5) is 15.5 Å². The number of fused-ring (bicyclic) bond motifs is 1. The van der Waals surface area contributed by atoms with E-state index in [1.165, 1.54) is 48.3 Å². The maximum Gasteiger partial charge on any atom is 0.419 e. The minimum atomic E-state index is -0.862. The zero-order chi connectivity index (χ0) is 26.8. The lowest BCUT2D eigenvalue weighted by Crippen LogP contribution is -2.33. The summed E-state index contributed by atoms with van der Waals surface area (Å²) in [4.78, 5) is 68.2. The molecule has 0 aliphatic carbocycles. The zero-order valence-electron chi connectivity index (χ0n) is 20.3. The fraction of sp³-hybridized carbons (Fsp3) is 0.364. The number of aromatic amines is 1. The minimum Gasteiger partial charge on any atom is -0.446 e. The van der Waals surface area contributed by atoms with Gasteiger partial charge >= 0.3 is 12.2 Å². The second-order valence-corrected chi connectivity index (χ2v) is 8.69. The summed E-state index contributed by atoms with van der Waals surface area (Å²) in [6, 6.07) is 0. The Balaban J connectivity index is 1.39. The summed E-state index contributed by atoms with van der Waals surface area (Å²) in [5.74, 6) is -0.715. The Bertz CT molecular complexity index is 1510. The van der Waals surface area contributed by atoms with Crippen LogP contribution in [0, 0.1) is 5.92 Å². The molecule has 0 spiro atoms. The molecular weight excluding hydrogens is 502 g/mol. The van der Waals surface area contributed by atoms with Crippen LogP contribution >= 0.6 is 0 Å². The highest BCUT2D eigenvalue weighted by Crippen LogP contribution is 2.33. The van der Waals surface area contributed by atoms with Crippen molar-refractivity contribution in [3.05, 3.63) is 54.1 Å². The van der Waals surface area contributed by atoms with Gasteiger partial charge in [0.2, 0.25) is 11.9 Å². The van der Waals surface area contributed by atoms with E-state index in [-0.39, 0.29) is 42.0 Å². The molecule has 4 aromatic rings. The Morgan fingerprint density at radius 3 is 2.50 bits per heavy atom. The average Bonchev–Trinajstić information content (AvgIpc) is 3.69. The Kier molecular flexibility index (Phi) is 6.69. The summed E-state index contributed by atoms with van der Waals surface area (Å²) < 4.78 is 20.8. The largest absolute Gasteiger partial charge is 0.446 e. The van der Waals surface area contributed by atoms with Crippen LogP contribution in [0.25, 0.3) is 11.2 Å². The summed E-state index contributed by atoms with van der Waals surface area (Å²) in [5.41, 5.74) is -0.383. The summed E-state index contributed by atoms with van der Waals surface area (Å²) in [6.45, 7) is 3.16. The fourth-order valence-electron chi connectivity index (χ4n) is 3.75. The highest BCUT2D eigenvalue weighted by Gasteiger charge is 2.41. The van der Waals surface area contributed by atoms with Gasteiger partial charge in [-0.3, -0.25) is 24.5 Å². The third-order valence-electron chi connectivity index (χ3n) is 5.74. The van der Waals surface area contributed by atoms with Gasteiger partial charge in [0.15, 0.2) is 11.2 Å². The molecule has 3 atom stereocenters. The molecule has 198 valence electrons. The molecule has 0 radical (unpaired) electrons. The van der Waals surface area contributed by atoms with Crippen LogP contribution in [0.1, 0.15) is 26.5 Å². The molecule has 0 bridgehead atoms. The maximum absolute atomic E-state index is 12.6. The van der Waals surface area contributed by atoms with Crippen LogP contribution in [-0.4, -0.2) is 75.5 Å². The highest BCUT2D eigenvalue weighted by molar-refractivity contribution is 5.91. The number of imidazole rings is 3. The number of rotatable bonds is 6. The number of carbonyl (C=O) groups is 3. The van der Waals surface area contributed by atoms with Gasteiger partial charge < -0.3 is 14.2 Å². The molecule has 16 nitrogen and oxygen atoms in total. The van der Waals surface area contributed by atoms with E-state index in [0.717, 1.165) is 9.13 Å². The molecule has 0 saturated carbocycles. The molecule has 5 rings (SSSR count). The predicted molar refractivity (Wildman–Crippen MR) is 127 cm³/mol. The molecule has 5 heterocycles. The smallest absolute Gasteiger partial charge is 0.419 e. The molecule has 38 heavy (non-hydrogen) atoms. The Labute approximate surface area is 213 Å². The van der Waals surface area contributed by atoms with E-state index >= 15 is 0 Å². The number of aromatic nitrogens is 8. The van der Waals surface area contributed by atoms with Crippen LogP contribution in [0.2, 0.25) is 0 Å². The number of amides is 1. The Morgan fingerprint density at radius 2 is 1.84 bits per heavy atom. The Hall–Kier alpha value is -4.86. The van der Waals surface area contributed by atoms with E-state index in [1.54, 1.807) is 13.8 Å². The monoisotopic (exact) mass is 525 g/mol. The molecule has 0 aromatic carbocycles. The first-order chi connectivity index (χ1) is 18.3. The number of carbonyl (C=O) groups excluding carboxylic acids is 3. The van der Waals surface area contributed by atoms with Crippen LogP contribution in [0.3, 0.4) is 0 Å². The van der Waals surface area contributed by atoms with E-state index in [9.17, 15) is 19.2 Å². The number of anilines is 1. The average molecular weight is 525 g/mol. The first kappa shape index (κ1) is 24.8. The van der Waals surface area contributed by atoms with E-state index in [1.807, 2.05) is 0 Å². The molecule has 1 fully saturated rings. The number of hydrogen-bond acceptors (Lipinski definition) is 11. The standard InChI is InChI=1S/C22H23N9O7/c1-12(2)18(32)27-20-26-17-16(19(33)28-20)25-11-31(17)15-7-13(38-22(35)30-6-4-24-10-30)14(37-15)8-36-21(34)29-5-3-23-9-29/h3-6,9-15H,7-8H2,1-2H3,(H2,26,27,28,32,33). The van der Waals surface area contributed by atoms with Crippen LogP contribution < -0.4 is 10.9 Å². The second kappa shape index (κ2) is 10.3. The first-order valence-corrected chi connectivity index (χ1v) is 11.6. The van der Waals surface area contributed by atoms with E-state index in [0.29, 0.717) is 0 Å².